The minimum Gasteiger partial charge on any atom is -0.462 e. The van der Waals surface area contributed by atoms with Gasteiger partial charge >= 0.3 is 11.9 Å². The number of aliphatic hydroxyl groups excluding tert-OH is 1. The second kappa shape index (κ2) is 33.9. The van der Waals surface area contributed by atoms with Crippen molar-refractivity contribution in [3.63, 3.8) is 0 Å². The average Bonchev–Trinajstić information content (AvgIpc) is 2.99. The fourth-order valence-electron chi connectivity index (χ4n) is 4.99. The van der Waals surface area contributed by atoms with Crippen LogP contribution in [0.15, 0.2) is 24.3 Å². The molecule has 1 N–H and O–H groups in total. The molecule has 0 aromatic rings. The number of carbonyl (C=O) groups excluding carboxylic acids is 2. The maximum absolute atomic E-state index is 12.0. The highest BCUT2D eigenvalue weighted by molar-refractivity contribution is 5.70. The molecule has 0 aliphatic heterocycles. The zero-order chi connectivity index (χ0) is 30.8. The lowest BCUT2D eigenvalue weighted by molar-refractivity contribution is -0.161. The number of hydrogen-bond donors (Lipinski definition) is 1. The van der Waals surface area contributed by atoms with Crippen LogP contribution in [-0.2, 0) is 19.1 Å². The predicted molar refractivity (Wildman–Crippen MR) is 178 cm³/mol. The van der Waals surface area contributed by atoms with Gasteiger partial charge in [-0.3, -0.25) is 9.59 Å². The maximum atomic E-state index is 12.0. The van der Waals surface area contributed by atoms with Crippen LogP contribution >= 0.6 is 0 Å². The fourth-order valence-corrected chi connectivity index (χ4v) is 4.99. The zero-order valence-electron chi connectivity index (χ0n) is 27.8. The highest BCUT2D eigenvalue weighted by Crippen LogP contribution is 2.13. The van der Waals surface area contributed by atoms with Gasteiger partial charge in [-0.1, -0.05) is 147 Å². The summed E-state index contributed by atoms with van der Waals surface area (Å²) in [5.74, 6) is -0.596. The number of hydrogen-bond acceptors (Lipinski definition) is 5. The fraction of sp³-hybridized carbons (Fsp3) is 0.838. The van der Waals surface area contributed by atoms with Crippen molar-refractivity contribution in [1.29, 1.82) is 0 Å². The molecule has 0 aliphatic rings. The van der Waals surface area contributed by atoms with Gasteiger partial charge in [0.05, 0.1) is 6.61 Å². The summed E-state index contributed by atoms with van der Waals surface area (Å²) in [6.07, 6.45) is 38.1. The van der Waals surface area contributed by atoms with Crippen LogP contribution in [0, 0.1) is 0 Å². The minimum absolute atomic E-state index is 0.0647. The molecule has 0 aliphatic carbocycles. The van der Waals surface area contributed by atoms with Gasteiger partial charge in [-0.05, 0) is 44.9 Å². The van der Waals surface area contributed by atoms with Crippen LogP contribution < -0.4 is 0 Å². The van der Waals surface area contributed by atoms with Crippen molar-refractivity contribution in [2.45, 2.75) is 187 Å². The first-order valence-corrected chi connectivity index (χ1v) is 17.9. The molecule has 0 fully saturated rings. The Labute approximate surface area is 260 Å². The van der Waals surface area contributed by atoms with E-state index in [-0.39, 0.29) is 25.2 Å². The van der Waals surface area contributed by atoms with Gasteiger partial charge in [0, 0.05) is 12.8 Å². The highest BCUT2D eigenvalue weighted by Gasteiger charge is 2.16. The Balaban J connectivity index is 3.53. The molecule has 5 heteroatoms. The molecule has 246 valence electrons. The molecule has 1 atom stereocenters. The number of aliphatic hydroxyl groups is 1. The molecule has 0 amide bonds. The molecule has 0 heterocycles. The lowest BCUT2D eigenvalue weighted by atomic mass is 10.1. The van der Waals surface area contributed by atoms with E-state index < -0.39 is 6.10 Å². The van der Waals surface area contributed by atoms with E-state index in [9.17, 15) is 14.7 Å². The summed E-state index contributed by atoms with van der Waals surface area (Å²) in [4.78, 5) is 24.1. The normalized spacial score (nSPS) is 12.4. The summed E-state index contributed by atoms with van der Waals surface area (Å²) in [5.41, 5.74) is 0. The van der Waals surface area contributed by atoms with E-state index in [2.05, 4.69) is 38.2 Å². The van der Waals surface area contributed by atoms with Crippen LogP contribution in [-0.4, -0.2) is 36.4 Å². The van der Waals surface area contributed by atoms with Crippen LogP contribution in [0.2, 0.25) is 0 Å². The van der Waals surface area contributed by atoms with Crippen molar-refractivity contribution >= 4 is 11.9 Å². The van der Waals surface area contributed by atoms with E-state index in [1.807, 2.05) is 0 Å². The standard InChI is InChI=1S/C37H68O5/c1-3-5-7-9-11-13-14-15-16-17-18-19-20-21-22-24-25-27-29-31-36(39)41-34-35(33-38)42-37(40)32-30-28-26-23-12-10-8-6-4-2/h11,13,15-16,35,38H,3-10,12,14,17-34H2,1-2H3/b13-11+,16-15+/t35-/m0/s1. The van der Waals surface area contributed by atoms with Gasteiger partial charge < -0.3 is 14.6 Å². The molecule has 0 aromatic heterocycles. The molecule has 0 rings (SSSR count). The number of esters is 2. The second-order valence-corrected chi connectivity index (χ2v) is 12.0. The quantitative estimate of drug-likeness (QED) is 0.0478. The van der Waals surface area contributed by atoms with Crippen molar-refractivity contribution in [2.75, 3.05) is 13.2 Å². The number of unbranched alkanes of at least 4 members (excludes halogenated alkanes) is 20. The van der Waals surface area contributed by atoms with E-state index in [0.29, 0.717) is 12.8 Å². The number of allylic oxidation sites excluding steroid dienone is 4. The number of rotatable bonds is 32. The van der Waals surface area contributed by atoms with Crippen molar-refractivity contribution in [3.05, 3.63) is 24.3 Å². The molecule has 0 spiro atoms. The van der Waals surface area contributed by atoms with Crippen molar-refractivity contribution in [1.82, 2.24) is 0 Å². The Morgan fingerprint density at radius 3 is 1.45 bits per heavy atom. The molecule has 0 radical (unpaired) electrons. The van der Waals surface area contributed by atoms with E-state index in [1.165, 1.54) is 109 Å². The Kier molecular flexibility index (Phi) is 32.6. The van der Waals surface area contributed by atoms with Crippen LogP contribution in [0.25, 0.3) is 0 Å². The number of carbonyl (C=O) groups is 2. The molecule has 0 saturated carbocycles. The van der Waals surface area contributed by atoms with Gasteiger partial charge in [0.2, 0.25) is 0 Å². The third-order valence-electron chi connectivity index (χ3n) is 7.75. The molecular weight excluding hydrogens is 524 g/mol. The van der Waals surface area contributed by atoms with Crippen molar-refractivity contribution < 1.29 is 24.2 Å². The first-order valence-electron chi connectivity index (χ1n) is 17.9. The lowest BCUT2D eigenvalue weighted by Gasteiger charge is -2.15. The molecule has 42 heavy (non-hydrogen) atoms. The lowest BCUT2D eigenvalue weighted by Crippen LogP contribution is -2.28. The summed E-state index contributed by atoms with van der Waals surface area (Å²) >= 11 is 0. The van der Waals surface area contributed by atoms with Crippen LogP contribution in [0.4, 0.5) is 0 Å². The largest absolute Gasteiger partial charge is 0.462 e. The van der Waals surface area contributed by atoms with Crippen molar-refractivity contribution in [2.24, 2.45) is 0 Å². The number of ether oxygens (including phenoxy) is 2. The van der Waals surface area contributed by atoms with Gasteiger partial charge in [0.1, 0.15) is 6.61 Å². The highest BCUT2D eigenvalue weighted by atomic mass is 16.6. The summed E-state index contributed by atoms with van der Waals surface area (Å²) in [6, 6.07) is 0. The van der Waals surface area contributed by atoms with E-state index >= 15 is 0 Å². The predicted octanol–water partition coefficient (Wildman–Crippen LogP) is 10.7. The monoisotopic (exact) mass is 593 g/mol. The van der Waals surface area contributed by atoms with Gasteiger partial charge in [-0.15, -0.1) is 0 Å². The summed E-state index contributed by atoms with van der Waals surface area (Å²) in [7, 11) is 0. The van der Waals surface area contributed by atoms with Gasteiger partial charge in [0.15, 0.2) is 6.10 Å². The first-order chi connectivity index (χ1) is 20.6. The summed E-state index contributed by atoms with van der Waals surface area (Å²) < 4.78 is 10.5. The zero-order valence-corrected chi connectivity index (χ0v) is 27.8. The summed E-state index contributed by atoms with van der Waals surface area (Å²) in [5, 5.41) is 9.49. The Morgan fingerprint density at radius 2 is 0.952 bits per heavy atom. The molecular formula is C37H68O5. The van der Waals surface area contributed by atoms with Gasteiger partial charge in [-0.2, -0.15) is 0 Å². The SMILES string of the molecule is CCCCC/C=C/C/C=C/CCCCCCCCCCCC(=O)OC[C@H](CO)OC(=O)CCCCCCCCCCC. The maximum Gasteiger partial charge on any atom is 0.306 e. The van der Waals surface area contributed by atoms with Crippen molar-refractivity contribution in [3.8, 4) is 0 Å². The second-order valence-electron chi connectivity index (χ2n) is 12.0. The Bertz CT molecular complexity index is 642. The smallest absolute Gasteiger partial charge is 0.306 e. The molecule has 0 unspecified atom stereocenters. The van der Waals surface area contributed by atoms with E-state index in [0.717, 1.165) is 44.9 Å². The van der Waals surface area contributed by atoms with Crippen LogP contribution in [0.5, 0.6) is 0 Å². The van der Waals surface area contributed by atoms with Gasteiger partial charge in [-0.25, -0.2) is 0 Å². The topological polar surface area (TPSA) is 72.8 Å². The summed E-state index contributed by atoms with van der Waals surface area (Å²) in [6.45, 7) is 4.08. The van der Waals surface area contributed by atoms with Gasteiger partial charge in [0.25, 0.3) is 0 Å². The molecule has 5 nitrogen and oxygen atoms in total. The average molecular weight is 593 g/mol. The van der Waals surface area contributed by atoms with E-state index in [4.69, 9.17) is 9.47 Å². The Hall–Kier alpha value is -1.62. The molecule has 0 bridgehead atoms. The minimum atomic E-state index is -0.765. The first kappa shape index (κ1) is 40.4. The third kappa shape index (κ3) is 31.3. The molecule has 0 saturated heterocycles. The van der Waals surface area contributed by atoms with Crippen LogP contribution in [0.3, 0.4) is 0 Å². The van der Waals surface area contributed by atoms with Crippen LogP contribution in [0.1, 0.15) is 181 Å². The third-order valence-corrected chi connectivity index (χ3v) is 7.75. The van der Waals surface area contributed by atoms with E-state index in [1.54, 1.807) is 0 Å². The Morgan fingerprint density at radius 1 is 0.548 bits per heavy atom. The molecule has 0 aromatic carbocycles.